The van der Waals surface area contributed by atoms with Gasteiger partial charge in [0.25, 0.3) is 0 Å². The summed E-state index contributed by atoms with van der Waals surface area (Å²) in [6.45, 7) is 3.53. The standard InChI is InChI=1S/C16H16O2/c1-11(9-12(2)17)15-6-4-5-13-10-14(18-3)7-8-16(13)15/h4-10H,1-3H3. The number of hydrogen-bond acceptors (Lipinski definition) is 2. The molecule has 0 aromatic heterocycles. The Morgan fingerprint density at radius 3 is 2.61 bits per heavy atom. The summed E-state index contributed by atoms with van der Waals surface area (Å²) in [5.74, 6) is 0.908. The highest BCUT2D eigenvalue weighted by Gasteiger charge is 2.04. The molecule has 0 saturated carbocycles. The fraction of sp³-hybridized carbons (Fsp3) is 0.188. The Bertz CT molecular complexity index is 624. The molecule has 2 nitrogen and oxygen atoms in total. The molecule has 2 aromatic carbocycles. The van der Waals surface area contributed by atoms with Crippen molar-refractivity contribution in [1.82, 2.24) is 0 Å². The van der Waals surface area contributed by atoms with Gasteiger partial charge < -0.3 is 4.74 Å². The lowest BCUT2D eigenvalue weighted by atomic mass is 9.98. The number of rotatable bonds is 3. The molecule has 0 heterocycles. The molecular formula is C16H16O2. The zero-order valence-corrected chi connectivity index (χ0v) is 10.9. The first kappa shape index (κ1) is 12.4. The van der Waals surface area contributed by atoms with Gasteiger partial charge in [-0.3, -0.25) is 4.79 Å². The van der Waals surface area contributed by atoms with Gasteiger partial charge in [-0.15, -0.1) is 0 Å². The van der Waals surface area contributed by atoms with Gasteiger partial charge in [0.1, 0.15) is 5.75 Å². The van der Waals surface area contributed by atoms with Crippen LogP contribution < -0.4 is 4.74 Å². The second kappa shape index (κ2) is 5.05. The maximum absolute atomic E-state index is 11.2. The molecule has 0 aliphatic rings. The number of allylic oxidation sites excluding steroid dienone is 2. The lowest BCUT2D eigenvalue weighted by molar-refractivity contribution is -0.112. The topological polar surface area (TPSA) is 26.3 Å². The van der Waals surface area contributed by atoms with Crippen LogP contribution in [0.4, 0.5) is 0 Å². The summed E-state index contributed by atoms with van der Waals surface area (Å²) in [5, 5.41) is 2.25. The molecule has 2 aromatic rings. The van der Waals surface area contributed by atoms with Crippen molar-refractivity contribution in [3.8, 4) is 5.75 Å². The van der Waals surface area contributed by atoms with Gasteiger partial charge in [-0.1, -0.05) is 24.3 Å². The van der Waals surface area contributed by atoms with E-state index in [9.17, 15) is 4.79 Å². The molecule has 0 bridgehead atoms. The summed E-state index contributed by atoms with van der Waals surface area (Å²) >= 11 is 0. The largest absolute Gasteiger partial charge is 0.497 e. The van der Waals surface area contributed by atoms with E-state index in [1.54, 1.807) is 20.1 Å². The van der Waals surface area contributed by atoms with Crippen LogP contribution in [0.2, 0.25) is 0 Å². The summed E-state index contributed by atoms with van der Waals surface area (Å²) in [6.07, 6.45) is 1.67. The lowest BCUT2D eigenvalue weighted by Crippen LogP contribution is -1.89. The van der Waals surface area contributed by atoms with Crippen LogP contribution in [0.1, 0.15) is 19.4 Å². The first-order valence-electron chi connectivity index (χ1n) is 5.88. The molecule has 0 saturated heterocycles. The third kappa shape index (κ3) is 2.43. The number of fused-ring (bicyclic) bond motifs is 1. The molecule has 0 radical (unpaired) electrons. The number of methoxy groups -OCH3 is 1. The third-order valence-electron chi connectivity index (χ3n) is 2.93. The SMILES string of the molecule is COc1ccc2c(C(C)=CC(C)=O)cccc2c1. The predicted octanol–water partition coefficient (Wildman–Crippen LogP) is 3.84. The Morgan fingerprint density at radius 1 is 1.17 bits per heavy atom. The molecule has 0 unspecified atom stereocenters. The summed E-state index contributed by atoms with van der Waals surface area (Å²) in [6, 6.07) is 12.0. The average Bonchev–Trinajstić information content (AvgIpc) is 2.36. The van der Waals surface area contributed by atoms with E-state index in [1.165, 1.54) is 0 Å². The quantitative estimate of drug-likeness (QED) is 0.762. The van der Waals surface area contributed by atoms with Crippen molar-refractivity contribution >= 4 is 22.1 Å². The van der Waals surface area contributed by atoms with Crippen molar-refractivity contribution in [2.75, 3.05) is 7.11 Å². The van der Waals surface area contributed by atoms with Crippen LogP contribution >= 0.6 is 0 Å². The number of carbonyl (C=O) groups excluding carboxylic acids is 1. The van der Waals surface area contributed by atoms with Crippen LogP contribution in [-0.4, -0.2) is 12.9 Å². The Kier molecular flexibility index (Phi) is 3.47. The fourth-order valence-electron chi connectivity index (χ4n) is 2.12. The molecule has 0 aliphatic carbocycles. The van der Waals surface area contributed by atoms with Crippen LogP contribution in [0.5, 0.6) is 5.75 Å². The van der Waals surface area contributed by atoms with E-state index in [4.69, 9.17) is 4.74 Å². The van der Waals surface area contributed by atoms with Gasteiger partial charge in [0, 0.05) is 0 Å². The highest BCUT2D eigenvalue weighted by molar-refractivity contribution is 6.00. The van der Waals surface area contributed by atoms with Gasteiger partial charge in [-0.2, -0.15) is 0 Å². The first-order chi connectivity index (χ1) is 8.61. The molecule has 0 amide bonds. The number of benzene rings is 2. The second-order valence-electron chi connectivity index (χ2n) is 4.33. The first-order valence-corrected chi connectivity index (χ1v) is 5.88. The molecule has 0 spiro atoms. The molecule has 2 rings (SSSR count). The molecule has 0 atom stereocenters. The summed E-state index contributed by atoms with van der Waals surface area (Å²) < 4.78 is 5.22. The molecule has 2 heteroatoms. The number of ketones is 1. The minimum atomic E-state index is 0.0676. The van der Waals surface area contributed by atoms with E-state index in [2.05, 4.69) is 0 Å². The van der Waals surface area contributed by atoms with Gasteiger partial charge >= 0.3 is 0 Å². The van der Waals surface area contributed by atoms with Crippen molar-refractivity contribution in [1.29, 1.82) is 0 Å². The van der Waals surface area contributed by atoms with E-state index in [1.807, 2.05) is 43.3 Å². The molecular weight excluding hydrogens is 224 g/mol. The smallest absolute Gasteiger partial charge is 0.152 e. The number of ether oxygens (including phenoxy) is 1. The van der Waals surface area contributed by atoms with E-state index in [-0.39, 0.29) is 5.78 Å². The van der Waals surface area contributed by atoms with Crippen LogP contribution in [-0.2, 0) is 4.79 Å². The Labute approximate surface area is 107 Å². The Morgan fingerprint density at radius 2 is 1.94 bits per heavy atom. The predicted molar refractivity (Wildman–Crippen MR) is 74.8 cm³/mol. The highest BCUT2D eigenvalue weighted by Crippen LogP contribution is 2.27. The number of hydrogen-bond donors (Lipinski definition) is 0. The van der Waals surface area contributed by atoms with Crippen LogP contribution in [0, 0.1) is 0 Å². The van der Waals surface area contributed by atoms with Crippen molar-refractivity contribution in [2.45, 2.75) is 13.8 Å². The zero-order valence-electron chi connectivity index (χ0n) is 10.9. The van der Waals surface area contributed by atoms with E-state index in [0.29, 0.717) is 0 Å². The van der Waals surface area contributed by atoms with E-state index in [0.717, 1.165) is 27.7 Å². The monoisotopic (exact) mass is 240 g/mol. The molecule has 0 aliphatic heterocycles. The van der Waals surface area contributed by atoms with E-state index < -0.39 is 0 Å². The zero-order chi connectivity index (χ0) is 13.1. The van der Waals surface area contributed by atoms with Gasteiger partial charge in [0.15, 0.2) is 5.78 Å². The summed E-state index contributed by atoms with van der Waals surface area (Å²) in [7, 11) is 1.66. The van der Waals surface area contributed by atoms with Crippen LogP contribution in [0.3, 0.4) is 0 Å². The summed E-state index contributed by atoms with van der Waals surface area (Å²) in [4.78, 5) is 11.2. The maximum Gasteiger partial charge on any atom is 0.152 e. The Balaban J connectivity index is 2.62. The van der Waals surface area contributed by atoms with Crippen molar-refractivity contribution in [2.24, 2.45) is 0 Å². The van der Waals surface area contributed by atoms with Gasteiger partial charge in [0.05, 0.1) is 7.11 Å². The molecule has 0 N–H and O–H groups in total. The molecule has 92 valence electrons. The minimum absolute atomic E-state index is 0.0676. The molecule has 18 heavy (non-hydrogen) atoms. The van der Waals surface area contributed by atoms with Crippen molar-refractivity contribution in [3.63, 3.8) is 0 Å². The average molecular weight is 240 g/mol. The van der Waals surface area contributed by atoms with Gasteiger partial charge in [-0.25, -0.2) is 0 Å². The minimum Gasteiger partial charge on any atom is -0.497 e. The van der Waals surface area contributed by atoms with Gasteiger partial charge in [-0.05, 0) is 54.0 Å². The van der Waals surface area contributed by atoms with Crippen LogP contribution in [0.25, 0.3) is 16.3 Å². The lowest BCUT2D eigenvalue weighted by Gasteiger charge is -2.08. The fourth-order valence-corrected chi connectivity index (χ4v) is 2.12. The second-order valence-corrected chi connectivity index (χ2v) is 4.33. The van der Waals surface area contributed by atoms with Crippen LogP contribution in [0.15, 0.2) is 42.5 Å². The third-order valence-corrected chi connectivity index (χ3v) is 2.93. The normalized spacial score (nSPS) is 11.6. The highest BCUT2D eigenvalue weighted by atomic mass is 16.5. The Hall–Kier alpha value is -2.09. The van der Waals surface area contributed by atoms with Gasteiger partial charge in [0.2, 0.25) is 0 Å². The van der Waals surface area contributed by atoms with Crippen molar-refractivity contribution in [3.05, 3.63) is 48.0 Å². The molecule has 0 fully saturated rings. The van der Waals surface area contributed by atoms with E-state index >= 15 is 0 Å². The van der Waals surface area contributed by atoms with Crippen molar-refractivity contribution < 1.29 is 9.53 Å². The maximum atomic E-state index is 11.2. The summed E-state index contributed by atoms with van der Waals surface area (Å²) in [5.41, 5.74) is 2.07. The number of carbonyl (C=O) groups is 1.